The average molecular weight is 382 g/mol. The lowest BCUT2D eigenvalue weighted by molar-refractivity contribution is -0.118. The van der Waals surface area contributed by atoms with Crippen LogP contribution < -0.4 is 10.1 Å². The summed E-state index contributed by atoms with van der Waals surface area (Å²) < 4.78 is 7.54. The van der Waals surface area contributed by atoms with Crippen LogP contribution in [0.25, 0.3) is 0 Å². The maximum Gasteiger partial charge on any atom is 0.257 e. The molecule has 1 aromatic heterocycles. The molecule has 28 heavy (non-hydrogen) atoms. The quantitative estimate of drug-likeness (QED) is 0.827. The summed E-state index contributed by atoms with van der Waals surface area (Å²) in [5.74, 6) is 1.38. The minimum absolute atomic E-state index is 0.0305. The number of aromatic nitrogens is 2. The Morgan fingerprint density at radius 3 is 2.89 bits per heavy atom. The van der Waals surface area contributed by atoms with Gasteiger partial charge < -0.3 is 15.0 Å². The number of ether oxygens (including phenoxy) is 1. The molecule has 7 nitrogen and oxygen atoms in total. The minimum Gasteiger partial charge on any atom is -0.493 e. The topological polar surface area (TPSA) is 76.5 Å². The van der Waals surface area contributed by atoms with Crippen molar-refractivity contribution in [2.24, 2.45) is 5.92 Å². The van der Waals surface area contributed by atoms with Crippen molar-refractivity contribution in [1.82, 2.24) is 20.0 Å². The average Bonchev–Trinajstić information content (AvgIpc) is 3.32. The smallest absolute Gasteiger partial charge is 0.257 e. The fourth-order valence-corrected chi connectivity index (χ4v) is 4.34. The lowest BCUT2D eigenvalue weighted by atomic mass is 9.99. The van der Waals surface area contributed by atoms with E-state index in [0.717, 1.165) is 18.7 Å². The molecule has 2 aromatic rings. The lowest BCUT2D eigenvalue weighted by Crippen LogP contribution is -2.30. The number of likely N-dealkylation sites (tertiary alicyclic amines) is 1. The van der Waals surface area contributed by atoms with Crippen molar-refractivity contribution in [3.05, 3.63) is 47.3 Å². The predicted octanol–water partition coefficient (Wildman–Crippen LogP) is 1.83. The van der Waals surface area contributed by atoms with Crippen LogP contribution in [0, 0.1) is 5.92 Å². The van der Waals surface area contributed by atoms with Gasteiger partial charge in [-0.15, -0.1) is 0 Å². The standard InChI is InChI=1S/C21H26N4O3/c1-3-28-19-7-5-4-6-17(19)21(27)24-11-15-10-16-12-25(9-8-22-14(2)26)23-20(16)18(15)13-24/h4-7,12,15,18H,3,8-11,13H2,1-2H3,(H,22,26)/t15-,18+/m1/s1. The van der Waals surface area contributed by atoms with Crippen LogP contribution in [0.1, 0.15) is 41.4 Å². The van der Waals surface area contributed by atoms with Gasteiger partial charge in [0.05, 0.1) is 24.4 Å². The number of nitrogens with one attached hydrogen (secondary N) is 1. The van der Waals surface area contributed by atoms with E-state index in [4.69, 9.17) is 9.84 Å². The fourth-order valence-electron chi connectivity index (χ4n) is 4.34. The highest BCUT2D eigenvalue weighted by atomic mass is 16.5. The van der Waals surface area contributed by atoms with E-state index in [1.807, 2.05) is 40.8 Å². The molecule has 1 aliphatic carbocycles. The third-order valence-corrected chi connectivity index (χ3v) is 5.56. The van der Waals surface area contributed by atoms with Gasteiger partial charge in [0.15, 0.2) is 0 Å². The van der Waals surface area contributed by atoms with E-state index < -0.39 is 0 Å². The molecule has 1 fully saturated rings. The number of carbonyl (C=O) groups is 2. The van der Waals surface area contributed by atoms with Gasteiger partial charge in [0.1, 0.15) is 5.75 Å². The van der Waals surface area contributed by atoms with Gasteiger partial charge in [-0.3, -0.25) is 14.3 Å². The number of nitrogens with zero attached hydrogens (tertiary/aromatic N) is 3. The van der Waals surface area contributed by atoms with Crippen molar-refractivity contribution < 1.29 is 14.3 Å². The number of fused-ring (bicyclic) bond motifs is 3. The number of benzene rings is 1. The predicted molar refractivity (Wildman–Crippen MR) is 104 cm³/mol. The summed E-state index contributed by atoms with van der Waals surface area (Å²) in [6.45, 7) is 6.66. The van der Waals surface area contributed by atoms with Crippen molar-refractivity contribution in [2.45, 2.75) is 32.7 Å². The molecule has 0 spiro atoms. The van der Waals surface area contributed by atoms with E-state index in [0.29, 0.717) is 49.4 Å². The Bertz CT molecular complexity index is 892. The van der Waals surface area contributed by atoms with Crippen molar-refractivity contribution in [3.8, 4) is 5.75 Å². The van der Waals surface area contributed by atoms with Crippen LogP contribution >= 0.6 is 0 Å². The van der Waals surface area contributed by atoms with Crippen molar-refractivity contribution in [1.29, 1.82) is 0 Å². The molecule has 4 rings (SSSR count). The van der Waals surface area contributed by atoms with E-state index in [9.17, 15) is 9.59 Å². The molecular formula is C21H26N4O3. The van der Waals surface area contributed by atoms with Gasteiger partial charge in [0.2, 0.25) is 5.91 Å². The Morgan fingerprint density at radius 1 is 1.29 bits per heavy atom. The second-order valence-electron chi connectivity index (χ2n) is 7.50. The first-order valence-electron chi connectivity index (χ1n) is 9.88. The van der Waals surface area contributed by atoms with Gasteiger partial charge in [0, 0.05) is 38.7 Å². The van der Waals surface area contributed by atoms with Gasteiger partial charge in [-0.1, -0.05) is 12.1 Å². The van der Waals surface area contributed by atoms with Crippen molar-refractivity contribution in [2.75, 3.05) is 26.2 Å². The van der Waals surface area contributed by atoms with E-state index >= 15 is 0 Å². The van der Waals surface area contributed by atoms with Crippen LogP contribution in [0.2, 0.25) is 0 Å². The maximum absolute atomic E-state index is 13.1. The van der Waals surface area contributed by atoms with E-state index in [2.05, 4.69) is 11.5 Å². The molecular weight excluding hydrogens is 356 g/mol. The molecule has 2 atom stereocenters. The summed E-state index contributed by atoms with van der Waals surface area (Å²) in [6, 6.07) is 7.45. The summed E-state index contributed by atoms with van der Waals surface area (Å²) in [4.78, 5) is 26.0. The second-order valence-corrected chi connectivity index (χ2v) is 7.50. The molecule has 2 heterocycles. The molecule has 1 aliphatic heterocycles. The summed E-state index contributed by atoms with van der Waals surface area (Å²) in [5, 5.41) is 7.54. The molecule has 1 aromatic carbocycles. The number of hydrogen-bond donors (Lipinski definition) is 1. The summed E-state index contributed by atoms with van der Waals surface area (Å²) in [6.07, 6.45) is 3.04. The Morgan fingerprint density at radius 2 is 2.11 bits per heavy atom. The Hall–Kier alpha value is -2.83. The van der Waals surface area contributed by atoms with Crippen LogP contribution in [-0.4, -0.2) is 52.7 Å². The van der Waals surface area contributed by atoms with Crippen molar-refractivity contribution in [3.63, 3.8) is 0 Å². The first-order valence-corrected chi connectivity index (χ1v) is 9.88. The molecule has 2 amide bonds. The summed E-state index contributed by atoms with van der Waals surface area (Å²) in [5.41, 5.74) is 3.02. The number of amides is 2. The van der Waals surface area contributed by atoms with Gasteiger partial charge in [-0.05, 0) is 37.0 Å². The summed E-state index contributed by atoms with van der Waals surface area (Å²) >= 11 is 0. The summed E-state index contributed by atoms with van der Waals surface area (Å²) in [7, 11) is 0. The molecule has 0 radical (unpaired) electrons. The van der Waals surface area contributed by atoms with Crippen LogP contribution in [0.5, 0.6) is 5.75 Å². The SMILES string of the molecule is CCOc1ccccc1C(=O)N1C[C@H]2Cc3cn(CCNC(C)=O)nc3[C@H]2C1. The van der Waals surface area contributed by atoms with Crippen LogP contribution in [0.4, 0.5) is 0 Å². The molecule has 2 aliphatic rings. The zero-order valence-corrected chi connectivity index (χ0v) is 16.4. The number of rotatable bonds is 6. The highest BCUT2D eigenvalue weighted by Crippen LogP contribution is 2.42. The molecule has 0 unspecified atom stereocenters. The zero-order chi connectivity index (χ0) is 19.7. The third kappa shape index (κ3) is 3.48. The third-order valence-electron chi connectivity index (χ3n) is 5.56. The molecule has 148 valence electrons. The van der Waals surface area contributed by atoms with Gasteiger partial charge in [-0.2, -0.15) is 5.10 Å². The van der Waals surface area contributed by atoms with Crippen molar-refractivity contribution >= 4 is 11.8 Å². The van der Waals surface area contributed by atoms with Gasteiger partial charge in [-0.25, -0.2) is 0 Å². The fraction of sp³-hybridized carbons (Fsp3) is 0.476. The Kier molecular flexibility index (Phi) is 5.07. The van der Waals surface area contributed by atoms with Crippen LogP contribution in [-0.2, 0) is 17.8 Å². The second kappa shape index (κ2) is 7.66. The van der Waals surface area contributed by atoms with Gasteiger partial charge in [0.25, 0.3) is 5.91 Å². The lowest BCUT2D eigenvalue weighted by Gasteiger charge is -2.19. The van der Waals surface area contributed by atoms with Crippen LogP contribution in [0.3, 0.4) is 0 Å². The molecule has 1 N–H and O–H groups in total. The maximum atomic E-state index is 13.1. The molecule has 7 heteroatoms. The molecule has 1 saturated heterocycles. The highest BCUT2D eigenvalue weighted by molar-refractivity contribution is 5.97. The Balaban J connectivity index is 1.44. The number of carbonyl (C=O) groups excluding carboxylic acids is 2. The zero-order valence-electron chi connectivity index (χ0n) is 16.4. The Labute approximate surface area is 164 Å². The molecule has 0 bridgehead atoms. The normalized spacial score (nSPS) is 20.0. The first-order chi connectivity index (χ1) is 13.6. The van der Waals surface area contributed by atoms with E-state index in [-0.39, 0.29) is 11.8 Å². The van der Waals surface area contributed by atoms with E-state index in [1.165, 1.54) is 12.5 Å². The largest absolute Gasteiger partial charge is 0.493 e. The van der Waals surface area contributed by atoms with Gasteiger partial charge >= 0.3 is 0 Å². The van der Waals surface area contributed by atoms with Crippen LogP contribution in [0.15, 0.2) is 30.5 Å². The first kappa shape index (κ1) is 18.5. The van der Waals surface area contributed by atoms with E-state index in [1.54, 1.807) is 0 Å². The minimum atomic E-state index is -0.0305. The number of hydrogen-bond acceptors (Lipinski definition) is 4. The number of para-hydroxylation sites is 1. The highest BCUT2D eigenvalue weighted by Gasteiger charge is 2.43. The molecule has 0 saturated carbocycles. The monoisotopic (exact) mass is 382 g/mol.